The Morgan fingerprint density at radius 2 is 1.93 bits per heavy atom. The summed E-state index contributed by atoms with van der Waals surface area (Å²) in [5.41, 5.74) is 9.08. The zero-order valence-corrected chi connectivity index (χ0v) is 15.9. The molecule has 3 atom stereocenters. The number of nitrogens with two attached hydrogens (primary N) is 1. The van der Waals surface area contributed by atoms with Gasteiger partial charge in [-0.2, -0.15) is 0 Å². The molecule has 4 aliphatic rings. The molecule has 1 saturated carbocycles. The smallest absolute Gasteiger partial charge is 0.255 e. The van der Waals surface area contributed by atoms with Crippen molar-refractivity contribution in [3.63, 3.8) is 0 Å². The van der Waals surface area contributed by atoms with E-state index in [2.05, 4.69) is 16.3 Å². The van der Waals surface area contributed by atoms with Crippen LogP contribution in [-0.2, 0) is 22.7 Å². The second-order valence-electron chi connectivity index (χ2n) is 8.75. The fourth-order valence-electron chi connectivity index (χ4n) is 5.05. The topological polar surface area (TPSA) is 95.7 Å². The Morgan fingerprint density at radius 1 is 1.11 bits per heavy atom. The van der Waals surface area contributed by atoms with Gasteiger partial charge in [0.2, 0.25) is 11.8 Å². The quantitative estimate of drug-likeness (QED) is 0.744. The van der Waals surface area contributed by atoms with Crippen molar-refractivity contribution in [2.75, 3.05) is 13.1 Å². The van der Waals surface area contributed by atoms with Crippen molar-refractivity contribution in [2.45, 2.75) is 50.9 Å². The van der Waals surface area contributed by atoms with Crippen LogP contribution in [0.5, 0.6) is 0 Å². The van der Waals surface area contributed by atoms with Gasteiger partial charge >= 0.3 is 0 Å². The van der Waals surface area contributed by atoms with Crippen molar-refractivity contribution in [1.29, 1.82) is 0 Å². The molecule has 3 N–H and O–H groups in total. The van der Waals surface area contributed by atoms with Crippen LogP contribution in [-0.4, -0.2) is 52.7 Å². The third-order valence-corrected chi connectivity index (χ3v) is 6.71. The molecule has 0 aromatic heterocycles. The number of amides is 3. The van der Waals surface area contributed by atoms with Crippen molar-refractivity contribution in [1.82, 2.24) is 15.1 Å². The minimum absolute atomic E-state index is 0.111. The fraction of sp³-hybridized carbons (Fsp3) is 0.571. The summed E-state index contributed by atoms with van der Waals surface area (Å²) < 4.78 is 0. The normalized spacial score (nSPS) is 30.7. The molecule has 28 heavy (non-hydrogen) atoms. The van der Waals surface area contributed by atoms with Crippen molar-refractivity contribution in [3.05, 3.63) is 34.9 Å². The van der Waals surface area contributed by atoms with Crippen LogP contribution in [0, 0.1) is 11.8 Å². The van der Waals surface area contributed by atoms with Crippen molar-refractivity contribution < 1.29 is 14.4 Å². The van der Waals surface area contributed by atoms with Gasteiger partial charge in [0.1, 0.15) is 6.04 Å². The van der Waals surface area contributed by atoms with Crippen molar-refractivity contribution >= 4 is 17.7 Å². The third-order valence-electron chi connectivity index (χ3n) is 6.71. The number of hydrogen-bond acceptors (Lipinski definition) is 5. The van der Waals surface area contributed by atoms with E-state index in [9.17, 15) is 14.4 Å². The predicted octanol–water partition coefficient (Wildman–Crippen LogP) is 0.617. The molecule has 0 spiro atoms. The summed E-state index contributed by atoms with van der Waals surface area (Å²) in [6.07, 6.45) is 3.30. The minimum atomic E-state index is -0.558. The van der Waals surface area contributed by atoms with Crippen molar-refractivity contribution in [2.24, 2.45) is 17.6 Å². The monoisotopic (exact) mass is 382 g/mol. The van der Waals surface area contributed by atoms with Crippen molar-refractivity contribution in [3.8, 4) is 0 Å². The van der Waals surface area contributed by atoms with Gasteiger partial charge in [-0.1, -0.05) is 12.1 Å². The first-order chi connectivity index (χ1) is 13.5. The minimum Gasteiger partial charge on any atom is -0.326 e. The molecule has 2 saturated heterocycles. The largest absolute Gasteiger partial charge is 0.326 e. The van der Waals surface area contributed by atoms with E-state index in [1.165, 1.54) is 12.8 Å². The molecule has 5 rings (SSSR count). The number of nitrogens with zero attached hydrogens (tertiary/aromatic N) is 2. The van der Waals surface area contributed by atoms with E-state index in [-0.39, 0.29) is 30.2 Å². The molecule has 148 valence electrons. The Labute approximate surface area is 164 Å². The number of fused-ring (bicyclic) bond motifs is 1. The summed E-state index contributed by atoms with van der Waals surface area (Å²) in [7, 11) is 0. The number of nitrogens with one attached hydrogen (secondary N) is 1. The first-order valence-corrected chi connectivity index (χ1v) is 10.2. The van der Waals surface area contributed by atoms with E-state index in [0.717, 1.165) is 36.7 Å². The van der Waals surface area contributed by atoms with Gasteiger partial charge in [-0.3, -0.25) is 24.6 Å². The highest BCUT2D eigenvalue weighted by molar-refractivity contribution is 6.05. The molecule has 3 heterocycles. The number of rotatable bonds is 4. The maximum Gasteiger partial charge on any atom is 0.255 e. The summed E-state index contributed by atoms with van der Waals surface area (Å²) >= 11 is 0. The Kier molecular flexibility index (Phi) is 4.25. The number of piperidine rings is 1. The van der Waals surface area contributed by atoms with E-state index >= 15 is 0 Å². The van der Waals surface area contributed by atoms with Crippen LogP contribution in [0.4, 0.5) is 0 Å². The van der Waals surface area contributed by atoms with E-state index in [1.54, 1.807) is 4.90 Å². The van der Waals surface area contributed by atoms with Gasteiger partial charge in [-0.15, -0.1) is 0 Å². The molecular weight excluding hydrogens is 356 g/mol. The lowest BCUT2D eigenvalue weighted by Crippen LogP contribution is -2.52. The van der Waals surface area contributed by atoms with Crippen LogP contribution >= 0.6 is 0 Å². The Balaban J connectivity index is 1.28. The Hall–Kier alpha value is -2.25. The van der Waals surface area contributed by atoms with Gasteiger partial charge in [-0.05, 0) is 48.3 Å². The average molecular weight is 382 g/mol. The van der Waals surface area contributed by atoms with Crippen LogP contribution < -0.4 is 11.1 Å². The van der Waals surface area contributed by atoms with E-state index in [0.29, 0.717) is 24.4 Å². The van der Waals surface area contributed by atoms with E-state index in [1.807, 2.05) is 12.1 Å². The van der Waals surface area contributed by atoms with Gasteiger partial charge in [-0.25, -0.2) is 0 Å². The molecule has 1 unspecified atom stereocenters. The summed E-state index contributed by atoms with van der Waals surface area (Å²) in [6.45, 7) is 3.18. The van der Waals surface area contributed by atoms with Crippen LogP contribution in [0.25, 0.3) is 0 Å². The first kappa shape index (κ1) is 17.8. The Bertz CT molecular complexity index is 850. The molecule has 0 radical (unpaired) electrons. The summed E-state index contributed by atoms with van der Waals surface area (Å²) in [4.78, 5) is 40.5. The number of imide groups is 1. The number of carbonyl (C=O) groups excluding carboxylic acids is 3. The lowest BCUT2D eigenvalue weighted by molar-refractivity contribution is -0.136. The highest BCUT2D eigenvalue weighted by atomic mass is 16.2. The lowest BCUT2D eigenvalue weighted by atomic mass is 9.99. The molecule has 0 bridgehead atoms. The first-order valence-electron chi connectivity index (χ1n) is 10.2. The SMILES string of the molecule is N[C@@H]1CN(Cc2ccc3c(c2)C(=O)N(C2CCC(=O)NC2=O)C3)C[C@H]1C1CC1. The highest BCUT2D eigenvalue weighted by Gasteiger charge is 2.41. The fourth-order valence-corrected chi connectivity index (χ4v) is 5.05. The second-order valence-corrected chi connectivity index (χ2v) is 8.75. The van der Waals surface area contributed by atoms with Gasteiger partial charge in [0.05, 0.1) is 0 Å². The zero-order chi connectivity index (χ0) is 19.4. The molecule has 3 aliphatic heterocycles. The van der Waals surface area contributed by atoms with Gasteiger partial charge in [0, 0.05) is 44.2 Å². The van der Waals surface area contributed by atoms with Crippen LogP contribution in [0.1, 0.15) is 47.2 Å². The molecule has 3 amide bonds. The van der Waals surface area contributed by atoms with Crippen LogP contribution in [0.3, 0.4) is 0 Å². The van der Waals surface area contributed by atoms with Gasteiger partial charge in [0.15, 0.2) is 0 Å². The molecular formula is C21H26N4O3. The molecule has 1 aromatic carbocycles. The maximum absolute atomic E-state index is 12.9. The number of carbonyl (C=O) groups is 3. The molecule has 7 nitrogen and oxygen atoms in total. The predicted molar refractivity (Wildman–Crippen MR) is 102 cm³/mol. The standard InChI is InChI=1S/C21H26N4O3/c22-17-11-24(10-16(17)13-3-4-13)8-12-1-2-14-9-25(21(28)15(14)7-12)18-5-6-19(26)23-20(18)27/h1-2,7,13,16-18H,3-6,8-11,22H2,(H,23,26,27)/t16-,17+,18?/m0/s1. The number of likely N-dealkylation sites (tertiary alicyclic amines) is 1. The molecule has 1 aromatic rings. The van der Waals surface area contributed by atoms with Crippen LogP contribution in [0.2, 0.25) is 0 Å². The molecule has 1 aliphatic carbocycles. The number of benzene rings is 1. The molecule has 3 fully saturated rings. The second kappa shape index (κ2) is 6.67. The summed E-state index contributed by atoms with van der Waals surface area (Å²) in [5.74, 6) is 0.680. The van der Waals surface area contributed by atoms with Crippen LogP contribution in [0.15, 0.2) is 18.2 Å². The average Bonchev–Trinajstić information content (AvgIpc) is 3.37. The lowest BCUT2D eigenvalue weighted by Gasteiger charge is -2.29. The number of hydrogen-bond donors (Lipinski definition) is 2. The maximum atomic E-state index is 12.9. The third kappa shape index (κ3) is 3.12. The Morgan fingerprint density at radius 3 is 2.68 bits per heavy atom. The zero-order valence-electron chi connectivity index (χ0n) is 15.9. The van der Waals surface area contributed by atoms with E-state index in [4.69, 9.17) is 5.73 Å². The summed E-state index contributed by atoms with van der Waals surface area (Å²) in [5, 5.41) is 2.35. The highest BCUT2D eigenvalue weighted by Crippen LogP contribution is 2.41. The molecule has 7 heteroatoms. The van der Waals surface area contributed by atoms with Gasteiger partial charge < -0.3 is 10.6 Å². The summed E-state index contributed by atoms with van der Waals surface area (Å²) in [6, 6.07) is 5.75. The van der Waals surface area contributed by atoms with E-state index < -0.39 is 6.04 Å². The van der Waals surface area contributed by atoms with Gasteiger partial charge in [0.25, 0.3) is 5.91 Å².